The molecule has 2 rings (SSSR count). The third kappa shape index (κ3) is 2.31. The average molecular weight is 205 g/mol. The summed E-state index contributed by atoms with van der Waals surface area (Å²) in [4.78, 5) is 4.08. The summed E-state index contributed by atoms with van der Waals surface area (Å²) in [5.74, 6) is 0. The number of nitrogens with zero attached hydrogens (tertiary/aromatic N) is 3. The Morgan fingerprint density at radius 3 is 3.20 bits per heavy atom. The van der Waals surface area contributed by atoms with Crippen LogP contribution in [-0.4, -0.2) is 27.7 Å². The number of hydrogen-bond acceptors (Lipinski definition) is 4. The van der Waals surface area contributed by atoms with Crippen molar-refractivity contribution in [3.8, 4) is 0 Å². The summed E-state index contributed by atoms with van der Waals surface area (Å²) >= 11 is 0. The Kier molecular flexibility index (Phi) is 3.26. The van der Waals surface area contributed by atoms with Gasteiger partial charge in [0.15, 0.2) is 0 Å². The molecule has 0 aliphatic heterocycles. The van der Waals surface area contributed by atoms with E-state index in [0.29, 0.717) is 0 Å². The molecular weight excluding hydrogens is 190 g/mol. The molecule has 15 heavy (non-hydrogen) atoms. The predicted octanol–water partition coefficient (Wildman–Crippen LogP) is 0.168. The van der Waals surface area contributed by atoms with Gasteiger partial charge in [0, 0.05) is 24.5 Å². The van der Waals surface area contributed by atoms with Crippen molar-refractivity contribution in [2.24, 2.45) is 5.73 Å². The molecule has 0 bridgehead atoms. The first kappa shape index (κ1) is 10.1. The highest BCUT2D eigenvalue weighted by molar-refractivity contribution is 5.51. The molecule has 5 heteroatoms. The van der Waals surface area contributed by atoms with Crippen LogP contribution in [0.1, 0.15) is 12.0 Å². The molecule has 2 heterocycles. The number of hydrogen-bond donors (Lipinski definition) is 2. The third-order valence-electron chi connectivity index (χ3n) is 2.28. The molecular formula is C10H15N5. The van der Waals surface area contributed by atoms with Gasteiger partial charge < -0.3 is 11.1 Å². The lowest BCUT2D eigenvalue weighted by Crippen LogP contribution is -2.17. The standard InChI is InChI=1S/C10H15N5/c11-2-1-3-12-6-9-7-14-15-5-4-13-8-10(9)15/h4-5,7-8,12H,1-3,6,11H2. The zero-order valence-corrected chi connectivity index (χ0v) is 8.56. The van der Waals surface area contributed by atoms with E-state index in [9.17, 15) is 0 Å². The molecule has 0 radical (unpaired) electrons. The first-order chi connectivity index (χ1) is 7.42. The van der Waals surface area contributed by atoms with Crippen LogP contribution in [0.4, 0.5) is 0 Å². The number of nitrogens with one attached hydrogen (secondary N) is 1. The molecule has 3 N–H and O–H groups in total. The van der Waals surface area contributed by atoms with Crippen LogP contribution in [0.25, 0.3) is 5.52 Å². The number of aromatic nitrogens is 3. The summed E-state index contributed by atoms with van der Waals surface area (Å²) < 4.78 is 1.83. The van der Waals surface area contributed by atoms with Crippen molar-refractivity contribution < 1.29 is 0 Å². The summed E-state index contributed by atoms with van der Waals surface area (Å²) in [6, 6.07) is 0. The maximum Gasteiger partial charge on any atom is 0.0889 e. The van der Waals surface area contributed by atoms with Gasteiger partial charge in [-0.3, -0.25) is 4.98 Å². The Morgan fingerprint density at radius 2 is 2.33 bits per heavy atom. The molecule has 0 atom stereocenters. The minimum atomic E-state index is 0.726. The van der Waals surface area contributed by atoms with E-state index in [1.165, 1.54) is 5.56 Å². The van der Waals surface area contributed by atoms with E-state index in [-0.39, 0.29) is 0 Å². The van der Waals surface area contributed by atoms with Gasteiger partial charge in [-0.05, 0) is 19.5 Å². The Hall–Kier alpha value is -1.46. The highest BCUT2D eigenvalue weighted by atomic mass is 15.2. The summed E-state index contributed by atoms with van der Waals surface area (Å²) in [5.41, 5.74) is 7.63. The Morgan fingerprint density at radius 1 is 1.40 bits per heavy atom. The number of fused-ring (bicyclic) bond motifs is 1. The molecule has 0 saturated carbocycles. The fourth-order valence-electron chi connectivity index (χ4n) is 1.47. The summed E-state index contributed by atoms with van der Waals surface area (Å²) in [5, 5.41) is 7.55. The van der Waals surface area contributed by atoms with E-state index < -0.39 is 0 Å². The molecule has 80 valence electrons. The molecule has 0 saturated heterocycles. The second-order valence-electron chi connectivity index (χ2n) is 3.39. The lowest BCUT2D eigenvalue weighted by molar-refractivity contribution is 0.657. The Labute approximate surface area is 88.3 Å². The van der Waals surface area contributed by atoms with Crippen LogP contribution in [0.3, 0.4) is 0 Å². The van der Waals surface area contributed by atoms with Gasteiger partial charge in [0.2, 0.25) is 0 Å². The fraction of sp³-hybridized carbons (Fsp3) is 0.400. The molecule has 2 aromatic heterocycles. The van der Waals surface area contributed by atoms with Crippen LogP contribution >= 0.6 is 0 Å². The zero-order chi connectivity index (χ0) is 10.5. The fourth-order valence-corrected chi connectivity index (χ4v) is 1.47. The van der Waals surface area contributed by atoms with E-state index in [1.807, 2.05) is 23.1 Å². The van der Waals surface area contributed by atoms with Gasteiger partial charge in [-0.1, -0.05) is 0 Å². The number of rotatable bonds is 5. The number of nitrogens with two attached hydrogens (primary N) is 1. The van der Waals surface area contributed by atoms with Crippen LogP contribution in [0.2, 0.25) is 0 Å². The largest absolute Gasteiger partial charge is 0.330 e. The second-order valence-corrected chi connectivity index (χ2v) is 3.39. The minimum Gasteiger partial charge on any atom is -0.330 e. The van der Waals surface area contributed by atoms with Gasteiger partial charge in [-0.25, -0.2) is 4.52 Å². The first-order valence-corrected chi connectivity index (χ1v) is 5.09. The van der Waals surface area contributed by atoms with Gasteiger partial charge in [-0.2, -0.15) is 5.10 Å². The zero-order valence-electron chi connectivity index (χ0n) is 8.56. The Bertz CT molecular complexity index is 422. The maximum atomic E-state index is 5.41. The van der Waals surface area contributed by atoms with Crippen LogP contribution in [0.5, 0.6) is 0 Å². The van der Waals surface area contributed by atoms with Gasteiger partial charge >= 0.3 is 0 Å². The monoisotopic (exact) mass is 205 g/mol. The van der Waals surface area contributed by atoms with E-state index >= 15 is 0 Å². The lowest BCUT2D eigenvalue weighted by Gasteiger charge is -2.01. The average Bonchev–Trinajstić information content (AvgIpc) is 2.68. The van der Waals surface area contributed by atoms with Crippen LogP contribution in [0.15, 0.2) is 24.8 Å². The van der Waals surface area contributed by atoms with E-state index in [1.54, 1.807) is 6.20 Å². The van der Waals surface area contributed by atoms with Gasteiger partial charge in [0.05, 0.1) is 17.9 Å². The van der Waals surface area contributed by atoms with Crippen molar-refractivity contribution >= 4 is 5.52 Å². The molecule has 0 unspecified atom stereocenters. The predicted molar refractivity (Wildman–Crippen MR) is 58.4 cm³/mol. The molecule has 0 aromatic carbocycles. The quantitative estimate of drug-likeness (QED) is 0.683. The molecule has 0 aliphatic rings. The molecule has 0 amide bonds. The van der Waals surface area contributed by atoms with E-state index in [2.05, 4.69) is 15.4 Å². The summed E-state index contributed by atoms with van der Waals surface area (Å²) in [7, 11) is 0. The topological polar surface area (TPSA) is 68.2 Å². The summed E-state index contributed by atoms with van der Waals surface area (Å²) in [6.45, 7) is 2.48. The van der Waals surface area contributed by atoms with Crippen molar-refractivity contribution in [2.75, 3.05) is 13.1 Å². The first-order valence-electron chi connectivity index (χ1n) is 5.09. The van der Waals surface area contributed by atoms with E-state index in [4.69, 9.17) is 5.73 Å². The molecule has 2 aromatic rings. The molecule has 0 spiro atoms. The lowest BCUT2D eigenvalue weighted by atomic mass is 10.3. The van der Waals surface area contributed by atoms with Gasteiger partial charge in [0.25, 0.3) is 0 Å². The molecule has 0 aliphatic carbocycles. The van der Waals surface area contributed by atoms with Crippen LogP contribution in [0, 0.1) is 0 Å². The second kappa shape index (κ2) is 4.86. The van der Waals surface area contributed by atoms with Crippen molar-refractivity contribution in [1.82, 2.24) is 19.9 Å². The smallest absolute Gasteiger partial charge is 0.0889 e. The highest BCUT2D eigenvalue weighted by Gasteiger charge is 2.01. The Balaban J connectivity index is 2.02. The van der Waals surface area contributed by atoms with Gasteiger partial charge in [-0.15, -0.1) is 0 Å². The third-order valence-corrected chi connectivity index (χ3v) is 2.28. The van der Waals surface area contributed by atoms with E-state index in [0.717, 1.165) is 31.6 Å². The van der Waals surface area contributed by atoms with Crippen LogP contribution < -0.4 is 11.1 Å². The normalized spacial score (nSPS) is 11.0. The maximum absolute atomic E-state index is 5.41. The SMILES string of the molecule is NCCCNCc1cnn2ccncc12. The highest BCUT2D eigenvalue weighted by Crippen LogP contribution is 2.07. The van der Waals surface area contributed by atoms with Crippen molar-refractivity contribution in [3.05, 3.63) is 30.4 Å². The van der Waals surface area contributed by atoms with Crippen molar-refractivity contribution in [1.29, 1.82) is 0 Å². The molecule has 0 fully saturated rings. The minimum absolute atomic E-state index is 0.726. The van der Waals surface area contributed by atoms with Crippen LogP contribution in [-0.2, 0) is 6.54 Å². The molecule has 5 nitrogen and oxygen atoms in total. The van der Waals surface area contributed by atoms with Gasteiger partial charge in [0.1, 0.15) is 0 Å². The van der Waals surface area contributed by atoms with Crippen molar-refractivity contribution in [2.45, 2.75) is 13.0 Å². The summed E-state index contributed by atoms with van der Waals surface area (Å²) in [6.07, 6.45) is 8.27. The van der Waals surface area contributed by atoms with Crippen molar-refractivity contribution in [3.63, 3.8) is 0 Å².